The Morgan fingerprint density at radius 2 is 1.24 bits per heavy atom. The molecule has 3 aromatic carbocycles. The lowest BCUT2D eigenvalue weighted by Gasteiger charge is -2.09. The van der Waals surface area contributed by atoms with Crippen molar-refractivity contribution in [1.29, 1.82) is 0 Å². The Hall–Kier alpha value is -2.74. The fourth-order valence-electron chi connectivity index (χ4n) is 2.78. The van der Waals surface area contributed by atoms with Crippen molar-refractivity contribution in [3.8, 4) is 5.75 Å². The summed E-state index contributed by atoms with van der Waals surface area (Å²) in [6, 6.07) is 29.3. The lowest BCUT2D eigenvalue weighted by molar-refractivity contribution is 0.311. The minimum Gasteiger partial charge on any atom is -0.494 e. The van der Waals surface area contributed by atoms with Gasteiger partial charge < -0.3 is 10.1 Å². The smallest absolute Gasteiger partial charge is 0.119 e. The maximum absolute atomic E-state index is 5.83. The van der Waals surface area contributed by atoms with Crippen LogP contribution in [0.3, 0.4) is 0 Å². The summed E-state index contributed by atoms with van der Waals surface area (Å²) in [7, 11) is 0. The monoisotopic (exact) mass is 331 g/mol. The molecule has 128 valence electrons. The third-order valence-electron chi connectivity index (χ3n) is 4.16. The number of hydrogen-bond donors (Lipinski definition) is 1. The summed E-state index contributed by atoms with van der Waals surface area (Å²) in [5.74, 6) is 0.932. The van der Waals surface area contributed by atoms with Crippen LogP contribution >= 0.6 is 0 Å². The molecular weight excluding hydrogens is 306 g/mol. The third-order valence-corrected chi connectivity index (χ3v) is 4.16. The Bertz CT molecular complexity index is 723. The SMILES string of the molecule is c1ccc(CCCOc2ccc(NCCc3ccccc3)cc2)cc1. The van der Waals surface area contributed by atoms with Crippen LogP contribution in [0.5, 0.6) is 5.75 Å². The van der Waals surface area contributed by atoms with Crippen LogP contribution in [-0.2, 0) is 12.8 Å². The molecule has 0 spiro atoms. The maximum Gasteiger partial charge on any atom is 0.119 e. The minimum atomic E-state index is 0.746. The maximum atomic E-state index is 5.83. The summed E-state index contributed by atoms with van der Waals surface area (Å²) >= 11 is 0. The van der Waals surface area contributed by atoms with E-state index in [2.05, 4.69) is 78.1 Å². The summed E-state index contributed by atoms with van der Waals surface area (Å²) in [6.07, 6.45) is 3.11. The Morgan fingerprint density at radius 3 is 1.88 bits per heavy atom. The van der Waals surface area contributed by atoms with Crippen LogP contribution in [-0.4, -0.2) is 13.2 Å². The second kappa shape index (κ2) is 9.53. The van der Waals surface area contributed by atoms with Gasteiger partial charge in [-0.15, -0.1) is 0 Å². The van der Waals surface area contributed by atoms with Gasteiger partial charge in [0.1, 0.15) is 5.75 Å². The van der Waals surface area contributed by atoms with E-state index in [-0.39, 0.29) is 0 Å². The zero-order valence-electron chi connectivity index (χ0n) is 14.5. The number of rotatable bonds is 9. The number of benzene rings is 3. The molecule has 0 aliphatic rings. The van der Waals surface area contributed by atoms with Gasteiger partial charge in [0, 0.05) is 12.2 Å². The van der Waals surface area contributed by atoms with E-state index in [1.165, 1.54) is 11.1 Å². The van der Waals surface area contributed by atoms with Crippen LogP contribution in [0.1, 0.15) is 17.5 Å². The van der Waals surface area contributed by atoms with Crippen LogP contribution in [0, 0.1) is 0 Å². The molecule has 25 heavy (non-hydrogen) atoms. The molecule has 3 rings (SSSR count). The van der Waals surface area contributed by atoms with Crippen molar-refractivity contribution in [3.05, 3.63) is 96.1 Å². The molecule has 2 nitrogen and oxygen atoms in total. The summed E-state index contributed by atoms with van der Waals surface area (Å²) in [4.78, 5) is 0. The van der Waals surface area contributed by atoms with Gasteiger partial charge in [0.15, 0.2) is 0 Å². The molecule has 0 aliphatic carbocycles. The normalized spacial score (nSPS) is 10.4. The van der Waals surface area contributed by atoms with E-state index in [9.17, 15) is 0 Å². The molecule has 0 radical (unpaired) electrons. The molecule has 2 heteroatoms. The number of hydrogen-bond acceptors (Lipinski definition) is 2. The zero-order valence-corrected chi connectivity index (χ0v) is 14.5. The number of anilines is 1. The fraction of sp³-hybridized carbons (Fsp3) is 0.217. The molecule has 0 bridgehead atoms. The van der Waals surface area contributed by atoms with Gasteiger partial charge in [-0.2, -0.15) is 0 Å². The average Bonchev–Trinajstić information content (AvgIpc) is 2.68. The van der Waals surface area contributed by atoms with Crippen LogP contribution < -0.4 is 10.1 Å². The van der Waals surface area contributed by atoms with Gasteiger partial charge in [-0.05, 0) is 54.7 Å². The van der Waals surface area contributed by atoms with E-state index in [0.29, 0.717) is 0 Å². The highest BCUT2D eigenvalue weighted by Gasteiger charge is 1.97. The number of aryl methyl sites for hydroxylation is 1. The molecule has 0 fully saturated rings. The van der Waals surface area contributed by atoms with Crippen molar-refractivity contribution in [2.75, 3.05) is 18.5 Å². The zero-order chi connectivity index (χ0) is 17.2. The molecular formula is C23H25NO. The molecule has 0 heterocycles. The first-order chi connectivity index (χ1) is 12.4. The molecule has 0 amide bonds. The first-order valence-electron chi connectivity index (χ1n) is 8.95. The van der Waals surface area contributed by atoms with Crippen molar-refractivity contribution in [2.24, 2.45) is 0 Å². The van der Waals surface area contributed by atoms with Crippen molar-refractivity contribution in [1.82, 2.24) is 0 Å². The van der Waals surface area contributed by atoms with Crippen LogP contribution in [0.2, 0.25) is 0 Å². The molecule has 0 aliphatic heterocycles. The van der Waals surface area contributed by atoms with E-state index in [1.54, 1.807) is 0 Å². The van der Waals surface area contributed by atoms with Crippen molar-refractivity contribution >= 4 is 5.69 Å². The summed E-state index contributed by atoms with van der Waals surface area (Å²) in [5.41, 5.74) is 3.85. The largest absolute Gasteiger partial charge is 0.494 e. The Kier molecular flexibility index (Phi) is 6.52. The first kappa shape index (κ1) is 17.1. The molecule has 0 unspecified atom stereocenters. The highest BCUT2D eigenvalue weighted by atomic mass is 16.5. The summed E-state index contributed by atoms with van der Waals surface area (Å²) in [6.45, 7) is 1.68. The Morgan fingerprint density at radius 1 is 0.640 bits per heavy atom. The Labute approximate surface area is 150 Å². The molecule has 1 N–H and O–H groups in total. The van der Waals surface area contributed by atoms with Gasteiger partial charge in [-0.3, -0.25) is 0 Å². The summed E-state index contributed by atoms with van der Waals surface area (Å²) in [5, 5.41) is 3.45. The highest BCUT2D eigenvalue weighted by molar-refractivity contribution is 5.46. The van der Waals surface area contributed by atoms with E-state index >= 15 is 0 Å². The molecule has 3 aromatic rings. The second-order valence-corrected chi connectivity index (χ2v) is 6.12. The fourth-order valence-corrected chi connectivity index (χ4v) is 2.78. The van der Waals surface area contributed by atoms with Crippen LogP contribution in [0.4, 0.5) is 5.69 Å². The van der Waals surface area contributed by atoms with Gasteiger partial charge in [0.05, 0.1) is 6.61 Å². The Balaban J connectivity index is 1.35. The predicted molar refractivity (Wildman–Crippen MR) is 105 cm³/mol. The standard InChI is InChI=1S/C23H25NO/c1-3-8-20(9-4-1)12-7-19-25-23-15-13-22(14-16-23)24-18-17-21-10-5-2-6-11-21/h1-6,8-11,13-16,24H,7,12,17-19H2. The van der Waals surface area contributed by atoms with Gasteiger partial charge in [0.2, 0.25) is 0 Å². The van der Waals surface area contributed by atoms with Crippen molar-refractivity contribution in [2.45, 2.75) is 19.3 Å². The molecule has 0 atom stereocenters. The van der Waals surface area contributed by atoms with E-state index in [1.807, 2.05) is 12.1 Å². The van der Waals surface area contributed by atoms with Gasteiger partial charge in [-0.1, -0.05) is 60.7 Å². The van der Waals surface area contributed by atoms with Crippen LogP contribution in [0.15, 0.2) is 84.9 Å². The number of nitrogens with one attached hydrogen (secondary N) is 1. The first-order valence-corrected chi connectivity index (χ1v) is 8.95. The van der Waals surface area contributed by atoms with Crippen LogP contribution in [0.25, 0.3) is 0 Å². The predicted octanol–water partition coefficient (Wildman–Crippen LogP) is 5.35. The average molecular weight is 331 g/mol. The van der Waals surface area contributed by atoms with Gasteiger partial charge in [0.25, 0.3) is 0 Å². The minimum absolute atomic E-state index is 0.746. The lowest BCUT2D eigenvalue weighted by atomic mass is 10.1. The van der Waals surface area contributed by atoms with E-state index in [0.717, 1.165) is 43.9 Å². The highest BCUT2D eigenvalue weighted by Crippen LogP contribution is 2.16. The van der Waals surface area contributed by atoms with Gasteiger partial charge in [-0.25, -0.2) is 0 Å². The van der Waals surface area contributed by atoms with Crippen molar-refractivity contribution < 1.29 is 4.74 Å². The second-order valence-electron chi connectivity index (χ2n) is 6.12. The number of ether oxygens (including phenoxy) is 1. The van der Waals surface area contributed by atoms with Gasteiger partial charge >= 0.3 is 0 Å². The molecule has 0 saturated carbocycles. The quantitative estimate of drug-likeness (QED) is 0.533. The molecule has 0 saturated heterocycles. The van der Waals surface area contributed by atoms with E-state index in [4.69, 9.17) is 4.74 Å². The molecule has 0 aromatic heterocycles. The topological polar surface area (TPSA) is 21.3 Å². The third kappa shape index (κ3) is 6.00. The summed E-state index contributed by atoms with van der Waals surface area (Å²) < 4.78 is 5.83. The van der Waals surface area contributed by atoms with E-state index < -0.39 is 0 Å². The van der Waals surface area contributed by atoms with Crippen molar-refractivity contribution in [3.63, 3.8) is 0 Å². The lowest BCUT2D eigenvalue weighted by Crippen LogP contribution is -2.04.